The lowest BCUT2D eigenvalue weighted by Gasteiger charge is -2.12. The summed E-state index contributed by atoms with van der Waals surface area (Å²) in [7, 11) is -2.69. The molecule has 3 aromatic rings. The fourth-order valence-electron chi connectivity index (χ4n) is 2.82. The molecule has 0 spiro atoms. The van der Waals surface area contributed by atoms with Gasteiger partial charge in [0.05, 0.1) is 23.7 Å². The number of hydrogen-bond donors (Lipinski definition) is 0. The number of methoxy groups -OCH3 is 1. The molecule has 3 aromatic carbocycles. The van der Waals surface area contributed by atoms with Crippen molar-refractivity contribution in [1.82, 2.24) is 0 Å². The molecule has 3 rings (SSSR count). The van der Waals surface area contributed by atoms with Gasteiger partial charge in [0.15, 0.2) is 11.5 Å². The van der Waals surface area contributed by atoms with E-state index in [1.165, 1.54) is 55.6 Å². The molecule has 0 bridgehead atoms. The van der Waals surface area contributed by atoms with Gasteiger partial charge in [-0.15, -0.1) is 0 Å². The molecule has 0 saturated heterocycles. The normalized spacial score (nSPS) is 11.5. The topological polar surface area (TPSA) is 120 Å². The highest BCUT2D eigenvalue weighted by atomic mass is 32.2. The minimum atomic E-state index is -4.06. The Hall–Kier alpha value is -4.16. The van der Waals surface area contributed by atoms with Gasteiger partial charge in [0.25, 0.3) is 5.69 Å². The zero-order valence-corrected chi connectivity index (χ0v) is 18.0. The lowest BCUT2D eigenvalue weighted by Crippen LogP contribution is -2.10. The first-order valence-electron chi connectivity index (χ1n) is 9.29. The molecule has 0 saturated carbocycles. The van der Waals surface area contributed by atoms with Crippen LogP contribution in [-0.4, -0.2) is 20.5 Å². The van der Waals surface area contributed by atoms with Crippen molar-refractivity contribution in [3.8, 4) is 17.6 Å². The molecule has 9 heteroatoms. The lowest BCUT2D eigenvalue weighted by atomic mass is 10.0. The maximum absolute atomic E-state index is 12.6. The number of nitro groups is 1. The Kier molecular flexibility index (Phi) is 6.56. The van der Waals surface area contributed by atoms with E-state index in [2.05, 4.69) is 6.07 Å². The van der Waals surface area contributed by atoms with Crippen molar-refractivity contribution in [2.75, 3.05) is 7.11 Å². The second-order valence-electron chi connectivity index (χ2n) is 6.73. The number of nitrogens with zero attached hydrogens (tertiary/aromatic N) is 2. The summed E-state index contributed by atoms with van der Waals surface area (Å²) in [5, 5.41) is 20.3. The van der Waals surface area contributed by atoms with Gasteiger partial charge in [-0.3, -0.25) is 10.1 Å². The molecule has 0 heterocycles. The summed E-state index contributed by atoms with van der Waals surface area (Å²) in [4.78, 5) is 10.3. The Morgan fingerprint density at radius 1 is 1.03 bits per heavy atom. The minimum absolute atomic E-state index is 0.000862. The monoisotopic (exact) mass is 450 g/mol. The summed E-state index contributed by atoms with van der Waals surface area (Å²) in [6.07, 6.45) is 1.56. The summed E-state index contributed by atoms with van der Waals surface area (Å²) in [5.74, 6) is 0.162. The van der Waals surface area contributed by atoms with Crippen molar-refractivity contribution < 1.29 is 22.3 Å². The number of nitro benzene ring substituents is 1. The fraction of sp³-hybridized carbons (Fsp3) is 0.0870. The van der Waals surface area contributed by atoms with Gasteiger partial charge in [0.1, 0.15) is 4.90 Å². The molecule has 162 valence electrons. The number of allylic oxidation sites excluding steroid dienone is 1. The smallest absolute Gasteiger partial charge is 0.339 e. The van der Waals surface area contributed by atoms with E-state index >= 15 is 0 Å². The number of non-ortho nitro benzene ring substituents is 1. The lowest BCUT2D eigenvalue weighted by molar-refractivity contribution is -0.384. The first-order valence-corrected chi connectivity index (χ1v) is 10.7. The molecular formula is C23H18N2O6S. The van der Waals surface area contributed by atoms with Crippen LogP contribution in [0.5, 0.6) is 11.5 Å². The van der Waals surface area contributed by atoms with Gasteiger partial charge in [0.2, 0.25) is 0 Å². The number of benzene rings is 3. The van der Waals surface area contributed by atoms with Crippen molar-refractivity contribution in [1.29, 1.82) is 5.26 Å². The van der Waals surface area contributed by atoms with Gasteiger partial charge in [-0.25, -0.2) is 0 Å². The van der Waals surface area contributed by atoms with E-state index in [0.29, 0.717) is 11.1 Å². The highest BCUT2D eigenvalue weighted by Crippen LogP contribution is 2.32. The highest BCUT2D eigenvalue weighted by Gasteiger charge is 2.19. The Morgan fingerprint density at radius 2 is 1.69 bits per heavy atom. The third-order valence-electron chi connectivity index (χ3n) is 4.52. The second kappa shape index (κ2) is 9.32. The summed E-state index contributed by atoms with van der Waals surface area (Å²) < 4.78 is 35.7. The van der Waals surface area contributed by atoms with Gasteiger partial charge in [0, 0.05) is 12.1 Å². The molecule has 0 atom stereocenters. The molecule has 0 unspecified atom stereocenters. The molecular weight excluding hydrogens is 432 g/mol. The van der Waals surface area contributed by atoms with Crippen LogP contribution in [0.3, 0.4) is 0 Å². The van der Waals surface area contributed by atoms with Crippen molar-refractivity contribution in [3.63, 3.8) is 0 Å². The zero-order valence-electron chi connectivity index (χ0n) is 17.2. The van der Waals surface area contributed by atoms with Crippen LogP contribution in [0.25, 0.3) is 11.6 Å². The van der Waals surface area contributed by atoms with Crippen LogP contribution in [-0.2, 0) is 10.1 Å². The van der Waals surface area contributed by atoms with Crippen LogP contribution < -0.4 is 8.92 Å². The maximum Gasteiger partial charge on any atom is 0.339 e. The number of nitriles is 1. The number of ether oxygens (including phenoxy) is 1. The predicted molar refractivity (Wildman–Crippen MR) is 119 cm³/mol. The van der Waals surface area contributed by atoms with E-state index in [0.717, 1.165) is 5.56 Å². The maximum atomic E-state index is 12.6. The van der Waals surface area contributed by atoms with Gasteiger partial charge in [-0.1, -0.05) is 23.8 Å². The molecule has 0 aromatic heterocycles. The Bertz CT molecular complexity index is 1320. The van der Waals surface area contributed by atoms with Gasteiger partial charge in [-0.05, 0) is 60.5 Å². The van der Waals surface area contributed by atoms with Crippen molar-refractivity contribution >= 4 is 27.5 Å². The molecule has 8 nitrogen and oxygen atoms in total. The van der Waals surface area contributed by atoms with Crippen molar-refractivity contribution in [2.45, 2.75) is 11.8 Å². The molecule has 0 N–H and O–H groups in total. The van der Waals surface area contributed by atoms with E-state index in [9.17, 15) is 23.8 Å². The number of rotatable bonds is 7. The number of hydrogen-bond acceptors (Lipinski definition) is 7. The standard InChI is InChI=1S/C23H18N2O6S/c1-16-3-10-21(11-4-16)32(28,29)31-22-12-5-17(14-23(22)30-2)13-19(15-24)18-6-8-20(9-7-18)25(26)27/h3-14H,1-2H3/b19-13+. The molecule has 0 radical (unpaired) electrons. The second-order valence-corrected chi connectivity index (χ2v) is 8.28. The zero-order chi connectivity index (χ0) is 23.3. The van der Waals surface area contributed by atoms with Crippen LogP contribution in [0.1, 0.15) is 16.7 Å². The van der Waals surface area contributed by atoms with Crippen molar-refractivity contribution in [2.24, 2.45) is 0 Å². The summed E-state index contributed by atoms with van der Waals surface area (Å²) in [6, 6.07) is 18.4. The van der Waals surface area contributed by atoms with Crippen LogP contribution >= 0.6 is 0 Å². The highest BCUT2D eigenvalue weighted by molar-refractivity contribution is 7.87. The van der Waals surface area contributed by atoms with E-state index in [1.54, 1.807) is 24.3 Å². The quantitative estimate of drug-likeness (QED) is 0.168. The van der Waals surface area contributed by atoms with E-state index < -0.39 is 15.0 Å². The van der Waals surface area contributed by atoms with Gasteiger partial charge < -0.3 is 8.92 Å². The SMILES string of the molecule is COc1cc(/C=C(\C#N)c2ccc([N+](=O)[O-])cc2)ccc1OS(=O)(=O)c1ccc(C)cc1. The summed E-state index contributed by atoms with van der Waals surface area (Å²) in [5.41, 5.74) is 2.15. The summed E-state index contributed by atoms with van der Waals surface area (Å²) in [6.45, 7) is 1.85. The Morgan fingerprint density at radius 3 is 2.25 bits per heavy atom. The van der Waals surface area contributed by atoms with E-state index in [4.69, 9.17) is 8.92 Å². The van der Waals surface area contributed by atoms with E-state index in [1.807, 2.05) is 6.92 Å². The van der Waals surface area contributed by atoms with Crippen LogP contribution in [0.2, 0.25) is 0 Å². The first kappa shape index (κ1) is 22.5. The average molecular weight is 450 g/mol. The largest absolute Gasteiger partial charge is 0.493 e. The molecule has 0 fully saturated rings. The fourth-order valence-corrected chi connectivity index (χ4v) is 3.76. The molecule has 0 amide bonds. The van der Waals surface area contributed by atoms with Gasteiger partial charge >= 0.3 is 10.1 Å². The first-order chi connectivity index (χ1) is 15.2. The van der Waals surface area contributed by atoms with Crippen LogP contribution in [0.4, 0.5) is 5.69 Å². The van der Waals surface area contributed by atoms with Gasteiger partial charge in [-0.2, -0.15) is 13.7 Å². The molecule has 32 heavy (non-hydrogen) atoms. The molecule has 0 aliphatic carbocycles. The predicted octanol–water partition coefficient (Wildman–Crippen LogP) is 4.74. The summed E-state index contributed by atoms with van der Waals surface area (Å²) >= 11 is 0. The van der Waals surface area contributed by atoms with Crippen LogP contribution in [0.15, 0.2) is 71.6 Å². The minimum Gasteiger partial charge on any atom is -0.493 e. The van der Waals surface area contributed by atoms with Crippen molar-refractivity contribution in [3.05, 3.63) is 93.5 Å². The van der Waals surface area contributed by atoms with E-state index in [-0.39, 0.29) is 27.7 Å². The Labute approximate surface area is 185 Å². The third kappa shape index (κ3) is 5.11. The number of aryl methyl sites for hydroxylation is 1. The van der Waals surface area contributed by atoms with Crippen LogP contribution in [0, 0.1) is 28.4 Å². The molecule has 0 aliphatic heterocycles. The average Bonchev–Trinajstić information content (AvgIpc) is 2.78. The third-order valence-corrected chi connectivity index (χ3v) is 5.77. The Balaban J connectivity index is 1.91. The molecule has 0 aliphatic rings.